The fourth-order valence-corrected chi connectivity index (χ4v) is 3.28. The summed E-state index contributed by atoms with van der Waals surface area (Å²) in [6, 6.07) is 11.2. The Bertz CT molecular complexity index is 1030. The minimum Gasteiger partial charge on any atom is -0.460 e. The maximum Gasteiger partial charge on any atom is 0.251 e. The van der Waals surface area contributed by atoms with E-state index in [0.717, 1.165) is 24.2 Å². The van der Waals surface area contributed by atoms with Crippen LogP contribution in [0.25, 0.3) is 17.5 Å². The van der Waals surface area contributed by atoms with Gasteiger partial charge >= 0.3 is 0 Å². The van der Waals surface area contributed by atoms with Gasteiger partial charge in [-0.15, -0.1) is 11.3 Å². The molecule has 4 rings (SSSR count). The highest BCUT2D eigenvalue weighted by Crippen LogP contribution is 2.26. The summed E-state index contributed by atoms with van der Waals surface area (Å²) in [5.41, 5.74) is 2.15. The number of nitrogens with zero attached hydrogens (tertiary/aromatic N) is 1. The predicted octanol–water partition coefficient (Wildman–Crippen LogP) is 4.26. The Morgan fingerprint density at radius 3 is 2.64 bits per heavy atom. The quantitative estimate of drug-likeness (QED) is 0.613. The van der Waals surface area contributed by atoms with Crippen LogP contribution in [0.15, 0.2) is 52.3 Å². The summed E-state index contributed by atoms with van der Waals surface area (Å²) in [6.45, 7) is 1.87. The van der Waals surface area contributed by atoms with Crippen molar-refractivity contribution in [2.24, 2.45) is 0 Å². The van der Waals surface area contributed by atoms with Gasteiger partial charge in [-0.1, -0.05) is 12.1 Å². The van der Waals surface area contributed by atoms with Crippen LogP contribution in [-0.4, -0.2) is 22.8 Å². The summed E-state index contributed by atoms with van der Waals surface area (Å²) in [5.74, 6) is 1.16. The molecule has 1 aliphatic rings. The largest absolute Gasteiger partial charge is 0.460 e. The molecular formula is C21H19N3O3S. The Hall–Kier alpha value is -3.19. The molecule has 1 aliphatic carbocycles. The number of thiazole rings is 1. The van der Waals surface area contributed by atoms with Crippen molar-refractivity contribution < 1.29 is 14.0 Å². The molecule has 142 valence electrons. The molecule has 2 aromatic heterocycles. The molecule has 2 amide bonds. The van der Waals surface area contributed by atoms with E-state index in [1.165, 1.54) is 17.4 Å². The van der Waals surface area contributed by atoms with Crippen LogP contribution < -0.4 is 10.6 Å². The second-order valence-corrected chi connectivity index (χ2v) is 7.50. The van der Waals surface area contributed by atoms with E-state index < -0.39 is 0 Å². The Morgan fingerprint density at radius 2 is 1.96 bits per heavy atom. The van der Waals surface area contributed by atoms with Crippen LogP contribution in [0.5, 0.6) is 0 Å². The molecule has 1 aromatic carbocycles. The highest BCUT2D eigenvalue weighted by molar-refractivity contribution is 7.14. The lowest BCUT2D eigenvalue weighted by atomic mass is 10.1. The van der Waals surface area contributed by atoms with Crippen molar-refractivity contribution >= 4 is 34.4 Å². The first-order valence-corrected chi connectivity index (χ1v) is 9.87. The number of carbonyl (C=O) groups is 2. The third-order valence-electron chi connectivity index (χ3n) is 4.24. The normalized spacial score (nSPS) is 13.6. The van der Waals surface area contributed by atoms with Crippen LogP contribution in [0.1, 0.15) is 34.5 Å². The van der Waals surface area contributed by atoms with Gasteiger partial charge in [0.15, 0.2) is 10.9 Å². The van der Waals surface area contributed by atoms with Crippen LogP contribution in [0.2, 0.25) is 0 Å². The maximum atomic E-state index is 12.1. The van der Waals surface area contributed by atoms with Gasteiger partial charge in [-0.25, -0.2) is 4.98 Å². The van der Waals surface area contributed by atoms with E-state index in [2.05, 4.69) is 15.6 Å². The number of carbonyl (C=O) groups excluding carboxylic acids is 2. The van der Waals surface area contributed by atoms with Gasteiger partial charge in [0.25, 0.3) is 5.91 Å². The first-order chi connectivity index (χ1) is 13.6. The van der Waals surface area contributed by atoms with Gasteiger partial charge in [0.05, 0.1) is 0 Å². The fraction of sp³-hybridized carbons (Fsp3) is 0.190. The molecule has 0 unspecified atom stereocenters. The molecule has 0 atom stereocenters. The van der Waals surface area contributed by atoms with Crippen LogP contribution in [0, 0.1) is 6.92 Å². The first-order valence-electron chi connectivity index (χ1n) is 8.99. The summed E-state index contributed by atoms with van der Waals surface area (Å²) in [5, 5.41) is 8.03. The Morgan fingerprint density at radius 1 is 1.18 bits per heavy atom. The summed E-state index contributed by atoms with van der Waals surface area (Å²) in [7, 11) is 0. The Labute approximate surface area is 166 Å². The van der Waals surface area contributed by atoms with Crippen molar-refractivity contribution in [3.05, 3.63) is 64.7 Å². The number of aromatic nitrogens is 1. The molecule has 1 saturated carbocycles. The number of rotatable bonds is 6. The number of aryl methyl sites for hydroxylation is 1. The maximum absolute atomic E-state index is 12.1. The molecule has 3 aromatic rings. The van der Waals surface area contributed by atoms with Crippen molar-refractivity contribution in [3.8, 4) is 11.5 Å². The van der Waals surface area contributed by atoms with Gasteiger partial charge < -0.3 is 9.73 Å². The molecule has 0 aliphatic heterocycles. The average molecular weight is 393 g/mol. The first kappa shape index (κ1) is 18.2. The number of benzene rings is 1. The van der Waals surface area contributed by atoms with E-state index >= 15 is 0 Å². The van der Waals surface area contributed by atoms with Crippen LogP contribution in [-0.2, 0) is 4.79 Å². The fourth-order valence-electron chi connectivity index (χ4n) is 2.58. The standard InChI is InChI=1S/C21H19N3O3S/c1-13-2-10-18(27-13)17-12-28-21(23-17)24-19(25)11-5-14-3-6-15(7-4-14)20(26)22-16-8-9-16/h2-7,10-12,16H,8-9H2,1H3,(H,22,26)(H,23,24,25). The van der Waals surface area contributed by atoms with Crippen LogP contribution in [0.4, 0.5) is 5.13 Å². The molecule has 0 saturated heterocycles. The molecule has 28 heavy (non-hydrogen) atoms. The van der Waals surface area contributed by atoms with Gasteiger partial charge in [0.2, 0.25) is 5.91 Å². The number of hydrogen-bond acceptors (Lipinski definition) is 5. The second-order valence-electron chi connectivity index (χ2n) is 6.64. The van der Waals surface area contributed by atoms with Crippen LogP contribution >= 0.6 is 11.3 Å². The van der Waals surface area contributed by atoms with Crippen molar-refractivity contribution in [3.63, 3.8) is 0 Å². The Balaban J connectivity index is 1.33. The molecule has 7 heteroatoms. The minimum atomic E-state index is -0.271. The predicted molar refractivity (Wildman–Crippen MR) is 109 cm³/mol. The lowest BCUT2D eigenvalue weighted by molar-refractivity contribution is -0.111. The number of nitrogens with one attached hydrogen (secondary N) is 2. The van der Waals surface area contributed by atoms with E-state index in [1.807, 2.05) is 36.6 Å². The zero-order valence-corrected chi connectivity index (χ0v) is 16.1. The highest BCUT2D eigenvalue weighted by atomic mass is 32.1. The van der Waals surface area contributed by atoms with Crippen molar-refractivity contribution in [2.45, 2.75) is 25.8 Å². The molecule has 0 spiro atoms. The zero-order valence-electron chi connectivity index (χ0n) is 15.3. The van der Waals surface area contributed by atoms with E-state index in [-0.39, 0.29) is 11.8 Å². The van der Waals surface area contributed by atoms with E-state index in [4.69, 9.17) is 4.42 Å². The van der Waals surface area contributed by atoms with Crippen LogP contribution in [0.3, 0.4) is 0 Å². The third-order valence-corrected chi connectivity index (χ3v) is 5.00. The van der Waals surface area contributed by atoms with Gasteiger partial charge in [-0.05, 0) is 55.7 Å². The highest BCUT2D eigenvalue weighted by Gasteiger charge is 2.23. The number of anilines is 1. The summed E-state index contributed by atoms with van der Waals surface area (Å²) < 4.78 is 5.53. The lowest BCUT2D eigenvalue weighted by Crippen LogP contribution is -2.25. The molecular weight excluding hydrogens is 374 g/mol. The van der Waals surface area contributed by atoms with Gasteiger partial charge in [0.1, 0.15) is 11.5 Å². The SMILES string of the molecule is Cc1ccc(-c2csc(NC(=O)C=Cc3ccc(C(=O)NC4CC4)cc3)n2)o1. The number of hydrogen-bond donors (Lipinski definition) is 2. The van der Waals surface area contributed by atoms with Crippen molar-refractivity contribution in [1.82, 2.24) is 10.3 Å². The molecule has 1 fully saturated rings. The lowest BCUT2D eigenvalue weighted by Gasteiger charge is -2.03. The van der Waals surface area contributed by atoms with E-state index in [9.17, 15) is 9.59 Å². The monoisotopic (exact) mass is 393 g/mol. The molecule has 6 nitrogen and oxygen atoms in total. The number of amides is 2. The summed E-state index contributed by atoms with van der Waals surface area (Å²) in [4.78, 5) is 28.5. The second kappa shape index (κ2) is 7.82. The number of furan rings is 1. The average Bonchev–Trinajstić information content (AvgIpc) is 3.20. The van der Waals surface area contributed by atoms with E-state index in [1.54, 1.807) is 18.2 Å². The van der Waals surface area contributed by atoms with Crippen molar-refractivity contribution in [2.75, 3.05) is 5.32 Å². The topological polar surface area (TPSA) is 84.2 Å². The van der Waals surface area contributed by atoms with Gasteiger partial charge in [0, 0.05) is 23.1 Å². The molecule has 0 bridgehead atoms. The molecule has 2 heterocycles. The summed E-state index contributed by atoms with van der Waals surface area (Å²) >= 11 is 1.34. The van der Waals surface area contributed by atoms with Gasteiger partial charge in [-0.2, -0.15) is 0 Å². The zero-order chi connectivity index (χ0) is 19.5. The van der Waals surface area contributed by atoms with E-state index in [0.29, 0.717) is 28.2 Å². The minimum absolute atomic E-state index is 0.0536. The van der Waals surface area contributed by atoms with Crippen molar-refractivity contribution in [1.29, 1.82) is 0 Å². The molecule has 0 radical (unpaired) electrons. The third kappa shape index (κ3) is 4.55. The smallest absolute Gasteiger partial charge is 0.251 e. The Kier molecular flexibility index (Phi) is 5.08. The molecule has 2 N–H and O–H groups in total. The summed E-state index contributed by atoms with van der Waals surface area (Å²) in [6.07, 6.45) is 5.26. The van der Waals surface area contributed by atoms with Gasteiger partial charge in [-0.3, -0.25) is 14.9 Å².